The van der Waals surface area contributed by atoms with Crippen LogP contribution in [0.5, 0.6) is 0 Å². The van der Waals surface area contributed by atoms with Gasteiger partial charge in [0.05, 0.1) is 10.7 Å². The molecule has 1 N–H and O–H groups in total. The monoisotopic (exact) mass is 384 g/mol. The number of rotatable bonds is 6. The molecule has 2 aromatic rings. The van der Waals surface area contributed by atoms with E-state index in [0.717, 1.165) is 5.56 Å². The van der Waals surface area contributed by atoms with Crippen LogP contribution < -0.4 is 10.4 Å². The number of carbonyl (C=O) groups is 2. The van der Waals surface area contributed by atoms with Crippen LogP contribution in [0, 0.1) is 5.92 Å². The summed E-state index contributed by atoms with van der Waals surface area (Å²) in [6.07, 6.45) is -0.179. The van der Waals surface area contributed by atoms with E-state index in [2.05, 4.69) is 5.32 Å². The quantitative estimate of drug-likeness (QED) is 0.826. The minimum atomic E-state index is -1.30. The summed E-state index contributed by atoms with van der Waals surface area (Å²) in [4.78, 5) is 23.4. The Kier molecular flexibility index (Phi) is 6.49. The van der Waals surface area contributed by atoms with Crippen molar-refractivity contribution in [2.45, 2.75) is 12.8 Å². The number of nitrogens with one attached hydrogen (secondary N) is 1. The molecule has 0 radical (unpaired) electrons. The van der Waals surface area contributed by atoms with E-state index in [-0.39, 0.29) is 6.42 Å². The van der Waals surface area contributed by atoms with Gasteiger partial charge in [0.2, 0.25) is 5.91 Å². The Hall–Kier alpha value is -1.75. The number of aliphatic carboxylic acids is 1. The first-order valence-electron chi connectivity index (χ1n) is 7.05. The van der Waals surface area contributed by atoms with Gasteiger partial charge < -0.3 is 15.2 Å². The molecular formula is C17H13Cl3NO3-. The predicted molar refractivity (Wildman–Crippen MR) is 93.4 cm³/mol. The maximum Gasteiger partial charge on any atom is 0.228 e. The van der Waals surface area contributed by atoms with Gasteiger partial charge >= 0.3 is 0 Å². The number of hydrogen-bond donors (Lipinski definition) is 1. The minimum Gasteiger partial charge on any atom is -0.550 e. The Morgan fingerprint density at radius 3 is 2.25 bits per heavy atom. The van der Waals surface area contributed by atoms with Crippen molar-refractivity contribution < 1.29 is 14.7 Å². The molecule has 0 unspecified atom stereocenters. The van der Waals surface area contributed by atoms with Gasteiger partial charge in [-0.25, -0.2) is 0 Å². The van der Waals surface area contributed by atoms with Crippen molar-refractivity contribution in [3.05, 3.63) is 63.1 Å². The standard InChI is InChI=1S/C17H14Cl3NO3/c18-12-3-1-10(2-4-12)7-11(8-16(22)23)17(24)21-15-9-13(19)5-6-14(15)20/h1-6,9,11H,7-8H2,(H,21,24)(H,22,23)/p-1/t11-/m1/s1. The maximum absolute atomic E-state index is 12.5. The van der Waals surface area contributed by atoms with Crippen molar-refractivity contribution >= 4 is 52.4 Å². The molecule has 126 valence electrons. The fraction of sp³-hybridized carbons (Fsp3) is 0.176. The lowest BCUT2D eigenvalue weighted by Gasteiger charge is -2.18. The zero-order valence-corrected chi connectivity index (χ0v) is 14.7. The molecule has 0 aliphatic carbocycles. The molecule has 0 fully saturated rings. The fourth-order valence-corrected chi connectivity index (χ4v) is 2.65. The largest absolute Gasteiger partial charge is 0.550 e. The van der Waals surface area contributed by atoms with E-state index in [1.165, 1.54) is 6.07 Å². The molecule has 0 spiro atoms. The zero-order valence-electron chi connectivity index (χ0n) is 12.4. The Morgan fingerprint density at radius 2 is 1.62 bits per heavy atom. The molecule has 1 atom stereocenters. The van der Waals surface area contributed by atoms with Crippen molar-refractivity contribution in [1.82, 2.24) is 0 Å². The van der Waals surface area contributed by atoms with Gasteiger partial charge in [0.25, 0.3) is 0 Å². The average molecular weight is 386 g/mol. The Morgan fingerprint density at radius 1 is 1.00 bits per heavy atom. The Bertz CT molecular complexity index is 747. The number of amides is 1. The molecule has 0 saturated heterocycles. The summed E-state index contributed by atoms with van der Waals surface area (Å²) in [7, 11) is 0. The SMILES string of the molecule is O=C([O-])C[C@@H](Cc1ccc(Cl)cc1)C(=O)Nc1cc(Cl)ccc1Cl. The van der Waals surface area contributed by atoms with Crippen molar-refractivity contribution in [2.24, 2.45) is 5.92 Å². The molecule has 1 amide bonds. The van der Waals surface area contributed by atoms with Crippen LogP contribution in [0.4, 0.5) is 5.69 Å². The highest BCUT2D eigenvalue weighted by Gasteiger charge is 2.20. The van der Waals surface area contributed by atoms with E-state index in [1.807, 2.05) is 0 Å². The van der Waals surface area contributed by atoms with Gasteiger partial charge in [-0.15, -0.1) is 0 Å². The second-order valence-corrected chi connectivity index (χ2v) is 6.50. The lowest BCUT2D eigenvalue weighted by Crippen LogP contribution is -2.32. The highest BCUT2D eigenvalue weighted by molar-refractivity contribution is 6.35. The van der Waals surface area contributed by atoms with E-state index in [1.54, 1.807) is 36.4 Å². The zero-order chi connectivity index (χ0) is 17.7. The Balaban J connectivity index is 2.16. The number of carboxylic acids is 1. The molecule has 4 nitrogen and oxygen atoms in total. The van der Waals surface area contributed by atoms with Crippen LogP contribution in [0.3, 0.4) is 0 Å². The lowest BCUT2D eigenvalue weighted by atomic mass is 9.95. The van der Waals surface area contributed by atoms with Gasteiger partial charge in [-0.2, -0.15) is 0 Å². The first-order valence-corrected chi connectivity index (χ1v) is 8.18. The van der Waals surface area contributed by atoms with Crippen LogP contribution in [0.25, 0.3) is 0 Å². The van der Waals surface area contributed by atoms with Gasteiger partial charge in [0.1, 0.15) is 0 Å². The van der Waals surface area contributed by atoms with Crippen molar-refractivity contribution in [2.75, 3.05) is 5.32 Å². The predicted octanol–water partition coefficient (Wildman–Crippen LogP) is 3.58. The molecule has 0 aliphatic rings. The van der Waals surface area contributed by atoms with Crippen molar-refractivity contribution in [1.29, 1.82) is 0 Å². The topological polar surface area (TPSA) is 69.2 Å². The summed E-state index contributed by atoms with van der Waals surface area (Å²) in [5, 5.41) is 14.9. The molecule has 24 heavy (non-hydrogen) atoms. The van der Waals surface area contributed by atoms with Crippen LogP contribution in [0.1, 0.15) is 12.0 Å². The smallest absolute Gasteiger partial charge is 0.228 e. The summed E-state index contributed by atoms with van der Waals surface area (Å²) in [6.45, 7) is 0. The van der Waals surface area contributed by atoms with Gasteiger partial charge in [-0.05, 0) is 48.7 Å². The molecule has 2 aromatic carbocycles. The molecule has 0 aromatic heterocycles. The van der Waals surface area contributed by atoms with E-state index in [4.69, 9.17) is 34.8 Å². The highest BCUT2D eigenvalue weighted by atomic mass is 35.5. The summed E-state index contributed by atoms with van der Waals surface area (Å²) < 4.78 is 0. The van der Waals surface area contributed by atoms with Crippen LogP contribution in [-0.4, -0.2) is 11.9 Å². The van der Waals surface area contributed by atoms with E-state index in [9.17, 15) is 14.7 Å². The molecule has 7 heteroatoms. The first-order chi connectivity index (χ1) is 11.3. The van der Waals surface area contributed by atoms with Gasteiger partial charge in [-0.3, -0.25) is 4.79 Å². The normalized spacial score (nSPS) is 11.8. The number of anilines is 1. The number of carbonyl (C=O) groups excluding carboxylic acids is 2. The van der Waals surface area contributed by atoms with E-state index in [0.29, 0.717) is 20.8 Å². The minimum absolute atomic E-state index is 0.231. The van der Waals surface area contributed by atoms with Crippen molar-refractivity contribution in [3.8, 4) is 0 Å². The molecule has 0 heterocycles. The number of halogens is 3. The summed E-state index contributed by atoms with van der Waals surface area (Å²) in [5.41, 5.74) is 1.12. The van der Waals surface area contributed by atoms with Gasteiger partial charge in [0.15, 0.2) is 0 Å². The number of benzene rings is 2. The maximum atomic E-state index is 12.5. The second kappa shape index (κ2) is 8.38. The Labute approximate surface area is 154 Å². The lowest BCUT2D eigenvalue weighted by molar-refractivity contribution is -0.306. The van der Waals surface area contributed by atoms with Crippen LogP contribution >= 0.6 is 34.8 Å². The van der Waals surface area contributed by atoms with Crippen molar-refractivity contribution in [3.63, 3.8) is 0 Å². The third-order valence-electron chi connectivity index (χ3n) is 3.37. The third kappa shape index (κ3) is 5.41. The molecular weight excluding hydrogens is 373 g/mol. The summed E-state index contributed by atoms with van der Waals surface area (Å²) in [6, 6.07) is 11.5. The van der Waals surface area contributed by atoms with Crippen LogP contribution in [-0.2, 0) is 16.0 Å². The fourth-order valence-electron chi connectivity index (χ4n) is 2.19. The average Bonchev–Trinajstić information content (AvgIpc) is 2.52. The first kappa shape index (κ1) is 18.6. The van der Waals surface area contributed by atoms with Gasteiger partial charge in [-0.1, -0.05) is 46.9 Å². The molecule has 0 saturated carbocycles. The summed E-state index contributed by atoms with van der Waals surface area (Å²) >= 11 is 17.7. The molecule has 2 rings (SSSR count). The second-order valence-electron chi connectivity index (χ2n) is 5.22. The van der Waals surface area contributed by atoms with Gasteiger partial charge in [0, 0.05) is 21.9 Å². The molecule has 0 aliphatic heterocycles. The number of carboxylic acid groups (broad SMARTS) is 1. The highest BCUT2D eigenvalue weighted by Crippen LogP contribution is 2.26. The van der Waals surface area contributed by atoms with E-state index >= 15 is 0 Å². The molecule has 0 bridgehead atoms. The van der Waals surface area contributed by atoms with E-state index < -0.39 is 24.2 Å². The summed E-state index contributed by atoms with van der Waals surface area (Å²) in [5.74, 6) is -2.59. The third-order valence-corrected chi connectivity index (χ3v) is 4.18. The van der Waals surface area contributed by atoms with Crippen LogP contribution in [0.15, 0.2) is 42.5 Å². The van der Waals surface area contributed by atoms with Crippen LogP contribution in [0.2, 0.25) is 15.1 Å². The number of hydrogen-bond acceptors (Lipinski definition) is 3.